The van der Waals surface area contributed by atoms with Crippen LogP contribution in [0.2, 0.25) is 0 Å². The Balaban J connectivity index is 2.36. The smallest absolute Gasteiger partial charge is 0.129 e. The van der Waals surface area contributed by atoms with Gasteiger partial charge in [0.1, 0.15) is 12.2 Å². The molecule has 0 spiro atoms. The molecule has 0 saturated carbocycles. The summed E-state index contributed by atoms with van der Waals surface area (Å²) >= 11 is 0. The molecule has 92 valence electrons. The Bertz CT molecular complexity index is 322. The van der Waals surface area contributed by atoms with Crippen LogP contribution in [0.1, 0.15) is 19.7 Å². The summed E-state index contributed by atoms with van der Waals surface area (Å²) in [4.78, 5) is 2.22. The standard InChI is InChI=1S/C11H22N4O/c1-10-13-12-9-15(10)6-5-14(4)7-11(2,3)8-16/h9,16H,5-8H2,1-4H3. The van der Waals surface area contributed by atoms with Crippen molar-refractivity contribution in [1.82, 2.24) is 19.7 Å². The van der Waals surface area contributed by atoms with Crippen molar-refractivity contribution < 1.29 is 5.11 Å². The summed E-state index contributed by atoms with van der Waals surface area (Å²) < 4.78 is 2.03. The quantitative estimate of drug-likeness (QED) is 0.769. The van der Waals surface area contributed by atoms with Gasteiger partial charge in [-0.05, 0) is 14.0 Å². The van der Waals surface area contributed by atoms with Gasteiger partial charge < -0.3 is 14.6 Å². The first-order chi connectivity index (χ1) is 7.44. The fourth-order valence-electron chi connectivity index (χ4n) is 1.67. The highest BCUT2D eigenvalue weighted by Crippen LogP contribution is 2.14. The zero-order chi connectivity index (χ0) is 12.2. The predicted octanol–water partition coefficient (Wildman–Crippen LogP) is 0.537. The summed E-state index contributed by atoms with van der Waals surface area (Å²) in [6, 6.07) is 0. The molecule has 0 aliphatic heterocycles. The van der Waals surface area contributed by atoms with E-state index in [2.05, 4.69) is 36.0 Å². The monoisotopic (exact) mass is 226 g/mol. The zero-order valence-corrected chi connectivity index (χ0v) is 10.6. The van der Waals surface area contributed by atoms with Gasteiger partial charge in [-0.25, -0.2) is 0 Å². The molecule has 0 atom stereocenters. The number of aromatic nitrogens is 3. The molecule has 16 heavy (non-hydrogen) atoms. The van der Waals surface area contributed by atoms with Crippen molar-refractivity contribution in [1.29, 1.82) is 0 Å². The van der Waals surface area contributed by atoms with Crippen molar-refractivity contribution >= 4 is 0 Å². The van der Waals surface area contributed by atoms with Gasteiger partial charge in [-0.2, -0.15) is 0 Å². The lowest BCUT2D eigenvalue weighted by Gasteiger charge is -2.28. The van der Waals surface area contributed by atoms with E-state index < -0.39 is 0 Å². The molecule has 1 heterocycles. The maximum absolute atomic E-state index is 9.19. The molecule has 1 aromatic heterocycles. The number of aryl methyl sites for hydroxylation is 1. The second kappa shape index (κ2) is 5.41. The van der Waals surface area contributed by atoms with Gasteiger partial charge in [0.05, 0.1) is 0 Å². The third-order valence-electron chi connectivity index (χ3n) is 2.66. The van der Waals surface area contributed by atoms with E-state index in [1.165, 1.54) is 0 Å². The Kier molecular flexibility index (Phi) is 4.44. The molecule has 0 bridgehead atoms. The maximum Gasteiger partial charge on any atom is 0.129 e. The fourth-order valence-corrected chi connectivity index (χ4v) is 1.67. The van der Waals surface area contributed by atoms with Crippen molar-refractivity contribution in [3.8, 4) is 0 Å². The van der Waals surface area contributed by atoms with Crippen LogP contribution in [0, 0.1) is 12.3 Å². The Morgan fingerprint density at radius 2 is 2.19 bits per heavy atom. The van der Waals surface area contributed by atoms with E-state index in [1.54, 1.807) is 6.33 Å². The van der Waals surface area contributed by atoms with Crippen molar-refractivity contribution in [2.45, 2.75) is 27.3 Å². The van der Waals surface area contributed by atoms with Crippen molar-refractivity contribution in [2.75, 3.05) is 26.7 Å². The zero-order valence-electron chi connectivity index (χ0n) is 10.6. The SMILES string of the molecule is Cc1nncn1CCN(C)CC(C)(C)CO. The van der Waals surface area contributed by atoms with E-state index in [4.69, 9.17) is 0 Å². The number of nitrogens with zero attached hydrogens (tertiary/aromatic N) is 4. The minimum atomic E-state index is -0.0447. The average Bonchev–Trinajstić information content (AvgIpc) is 2.60. The van der Waals surface area contributed by atoms with E-state index in [-0.39, 0.29) is 12.0 Å². The highest BCUT2D eigenvalue weighted by Gasteiger charge is 2.18. The van der Waals surface area contributed by atoms with Gasteiger partial charge in [-0.3, -0.25) is 0 Å². The van der Waals surface area contributed by atoms with Crippen molar-refractivity contribution in [2.24, 2.45) is 5.41 Å². The van der Waals surface area contributed by atoms with Crippen molar-refractivity contribution in [3.05, 3.63) is 12.2 Å². The molecule has 0 saturated heterocycles. The summed E-state index contributed by atoms with van der Waals surface area (Å²) in [7, 11) is 2.07. The maximum atomic E-state index is 9.19. The van der Waals surface area contributed by atoms with Crippen LogP contribution in [0.25, 0.3) is 0 Å². The molecule has 1 N–H and O–H groups in total. The average molecular weight is 226 g/mol. The molecule has 0 amide bonds. The first kappa shape index (κ1) is 13.1. The summed E-state index contributed by atoms with van der Waals surface area (Å²) in [6.45, 7) is 8.98. The first-order valence-electron chi connectivity index (χ1n) is 5.58. The van der Waals surface area contributed by atoms with E-state index >= 15 is 0 Å². The number of hydrogen-bond acceptors (Lipinski definition) is 4. The minimum absolute atomic E-state index is 0.0447. The van der Waals surface area contributed by atoms with E-state index in [0.717, 1.165) is 25.5 Å². The molecule has 0 unspecified atom stereocenters. The summed E-state index contributed by atoms with van der Waals surface area (Å²) in [5.41, 5.74) is -0.0447. The Labute approximate surface area is 97.1 Å². The molecule has 1 aromatic rings. The van der Waals surface area contributed by atoms with Crippen LogP contribution in [0.5, 0.6) is 0 Å². The Morgan fingerprint density at radius 3 is 2.69 bits per heavy atom. The van der Waals surface area contributed by atoms with Crippen LogP contribution in [-0.4, -0.2) is 51.5 Å². The second-order valence-electron chi connectivity index (χ2n) is 5.13. The van der Waals surface area contributed by atoms with Gasteiger partial charge in [0.15, 0.2) is 0 Å². The van der Waals surface area contributed by atoms with Crippen LogP contribution in [0.3, 0.4) is 0 Å². The lowest BCUT2D eigenvalue weighted by atomic mass is 9.94. The molecule has 0 fully saturated rings. The van der Waals surface area contributed by atoms with Gasteiger partial charge >= 0.3 is 0 Å². The normalized spacial score (nSPS) is 12.4. The Morgan fingerprint density at radius 1 is 1.50 bits per heavy atom. The highest BCUT2D eigenvalue weighted by atomic mass is 16.3. The largest absolute Gasteiger partial charge is 0.396 e. The van der Waals surface area contributed by atoms with Crippen LogP contribution in [0.4, 0.5) is 0 Å². The van der Waals surface area contributed by atoms with Crippen LogP contribution in [0.15, 0.2) is 6.33 Å². The van der Waals surface area contributed by atoms with Crippen LogP contribution >= 0.6 is 0 Å². The molecule has 0 aliphatic rings. The van der Waals surface area contributed by atoms with Gasteiger partial charge in [0.25, 0.3) is 0 Å². The van der Waals surface area contributed by atoms with Gasteiger partial charge in [0.2, 0.25) is 0 Å². The predicted molar refractivity (Wildman–Crippen MR) is 63.1 cm³/mol. The van der Waals surface area contributed by atoms with Crippen molar-refractivity contribution in [3.63, 3.8) is 0 Å². The molecule has 1 rings (SSSR count). The fraction of sp³-hybridized carbons (Fsp3) is 0.818. The molecule has 5 nitrogen and oxygen atoms in total. The molecule has 5 heteroatoms. The number of rotatable bonds is 6. The van der Waals surface area contributed by atoms with E-state index in [9.17, 15) is 5.11 Å². The summed E-state index contributed by atoms with van der Waals surface area (Å²) in [6.07, 6.45) is 1.75. The summed E-state index contributed by atoms with van der Waals surface area (Å²) in [5, 5.41) is 17.0. The molecule has 0 aliphatic carbocycles. The number of aliphatic hydroxyl groups excluding tert-OH is 1. The van der Waals surface area contributed by atoms with E-state index in [0.29, 0.717) is 0 Å². The molecule has 0 aromatic carbocycles. The van der Waals surface area contributed by atoms with Crippen LogP contribution in [-0.2, 0) is 6.54 Å². The number of aliphatic hydroxyl groups is 1. The van der Waals surface area contributed by atoms with Gasteiger partial charge in [-0.15, -0.1) is 10.2 Å². The van der Waals surface area contributed by atoms with Gasteiger partial charge in [-0.1, -0.05) is 13.8 Å². The second-order valence-corrected chi connectivity index (χ2v) is 5.13. The van der Waals surface area contributed by atoms with E-state index in [1.807, 2.05) is 11.5 Å². The summed E-state index contributed by atoms with van der Waals surface area (Å²) in [5.74, 6) is 0.940. The third-order valence-corrected chi connectivity index (χ3v) is 2.66. The topological polar surface area (TPSA) is 54.2 Å². The Hall–Kier alpha value is -0.940. The van der Waals surface area contributed by atoms with Crippen LogP contribution < -0.4 is 0 Å². The lowest BCUT2D eigenvalue weighted by molar-refractivity contribution is 0.113. The first-order valence-corrected chi connectivity index (χ1v) is 5.58. The number of likely N-dealkylation sites (N-methyl/N-ethyl adjacent to an activating group) is 1. The molecular formula is C11H22N4O. The minimum Gasteiger partial charge on any atom is -0.396 e. The molecular weight excluding hydrogens is 204 g/mol. The number of hydrogen-bond donors (Lipinski definition) is 1. The molecule has 0 radical (unpaired) electrons. The van der Waals surface area contributed by atoms with Gasteiger partial charge in [0, 0.05) is 31.7 Å². The third kappa shape index (κ3) is 3.90. The highest BCUT2D eigenvalue weighted by molar-refractivity contribution is 4.80. The lowest BCUT2D eigenvalue weighted by Crippen LogP contribution is -2.35.